The van der Waals surface area contributed by atoms with Crippen LogP contribution in [-0.2, 0) is 10.7 Å². The van der Waals surface area contributed by atoms with Crippen molar-refractivity contribution in [3.63, 3.8) is 0 Å². The number of carbonyl (C=O) groups is 1. The second-order valence-electron chi connectivity index (χ2n) is 6.86. The van der Waals surface area contributed by atoms with Crippen LogP contribution in [0.15, 0.2) is 66.8 Å². The van der Waals surface area contributed by atoms with Crippen LogP contribution in [0.4, 0.5) is 8.78 Å². The molecule has 0 saturated carbocycles. The average molecular weight is 462 g/mol. The van der Waals surface area contributed by atoms with Gasteiger partial charge in [0, 0.05) is 31.0 Å². The van der Waals surface area contributed by atoms with Gasteiger partial charge in [-0.05, 0) is 42.3 Å². The van der Waals surface area contributed by atoms with E-state index in [1.54, 1.807) is 35.2 Å². The molecule has 7 heteroatoms. The molecule has 32 heavy (non-hydrogen) atoms. The minimum absolute atomic E-state index is 0. The predicted octanol–water partition coefficient (Wildman–Crippen LogP) is 6.31. The molecule has 0 aliphatic carbocycles. The standard InChI is InChI=1S/C23H21F2NO2S.C2H6.H2O/c1-3-12-26-21(29)11-10-17(22(26)27)13-16-6-4-8-19(14-16)28-20-9-5-7-18(15-20)23(2,24)25;1-2;/h3-9,13-15H,1,10-12H2,2H3;1-2H3;1H2/b17-13+;;. The molecular formula is C25H29F2NO3S. The highest BCUT2D eigenvalue weighted by molar-refractivity contribution is 7.80. The van der Waals surface area contributed by atoms with Crippen LogP contribution in [-0.4, -0.2) is 27.8 Å². The van der Waals surface area contributed by atoms with Crippen LogP contribution >= 0.6 is 12.2 Å². The van der Waals surface area contributed by atoms with Crippen molar-refractivity contribution in [3.8, 4) is 11.5 Å². The number of piperidine rings is 1. The summed E-state index contributed by atoms with van der Waals surface area (Å²) in [5.74, 6) is -2.24. The lowest BCUT2D eigenvalue weighted by Crippen LogP contribution is -2.40. The minimum atomic E-state index is -2.94. The molecular weight excluding hydrogens is 432 g/mol. The molecule has 0 aromatic heterocycles. The van der Waals surface area contributed by atoms with E-state index in [1.807, 2.05) is 26.0 Å². The van der Waals surface area contributed by atoms with Gasteiger partial charge in [0.25, 0.3) is 11.8 Å². The van der Waals surface area contributed by atoms with Crippen LogP contribution in [0, 0.1) is 0 Å². The van der Waals surface area contributed by atoms with Gasteiger partial charge in [-0.25, -0.2) is 8.78 Å². The Hall–Kier alpha value is -2.90. The number of benzene rings is 2. The van der Waals surface area contributed by atoms with Gasteiger partial charge in [0.15, 0.2) is 0 Å². The van der Waals surface area contributed by atoms with E-state index >= 15 is 0 Å². The van der Waals surface area contributed by atoms with Gasteiger partial charge in [0.05, 0.1) is 4.99 Å². The van der Waals surface area contributed by atoms with Crippen molar-refractivity contribution in [2.45, 2.75) is 39.5 Å². The van der Waals surface area contributed by atoms with E-state index in [0.29, 0.717) is 41.4 Å². The topological polar surface area (TPSA) is 61.0 Å². The number of carbonyl (C=O) groups excluding carboxylic acids is 1. The molecule has 1 aliphatic rings. The Bertz CT molecular complexity index is 983. The summed E-state index contributed by atoms with van der Waals surface area (Å²) in [6, 6.07) is 13.0. The summed E-state index contributed by atoms with van der Waals surface area (Å²) in [7, 11) is 0. The monoisotopic (exact) mass is 461 g/mol. The first-order valence-corrected chi connectivity index (χ1v) is 10.6. The summed E-state index contributed by atoms with van der Waals surface area (Å²) in [4.78, 5) is 14.8. The lowest BCUT2D eigenvalue weighted by Gasteiger charge is -2.28. The number of thiocarbonyl (C=S) groups is 1. The lowest BCUT2D eigenvalue weighted by atomic mass is 10.0. The molecule has 172 valence electrons. The Morgan fingerprint density at radius 3 is 2.38 bits per heavy atom. The predicted molar refractivity (Wildman–Crippen MR) is 129 cm³/mol. The van der Waals surface area contributed by atoms with E-state index in [1.165, 1.54) is 18.2 Å². The molecule has 0 spiro atoms. The Labute approximate surface area is 193 Å². The molecule has 1 amide bonds. The fourth-order valence-corrected chi connectivity index (χ4v) is 3.32. The molecule has 4 nitrogen and oxygen atoms in total. The van der Waals surface area contributed by atoms with Gasteiger partial charge >= 0.3 is 0 Å². The van der Waals surface area contributed by atoms with Crippen LogP contribution in [0.25, 0.3) is 6.08 Å². The third kappa shape index (κ3) is 7.07. The molecule has 0 radical (unpaired) electrons. The number of likely N-dealkylation sites (tertiary alicyclic amines) is 1. The average Bonchev–Trinajstić information content (AvgIpc) is 2.74. The summed E-state index contributed by atoms with van der Waals surface area (Å²) in [6.45, 7) is 8.90. The molecule has 2 aromatic rings. The summed E-state index contributed by atoms with van der Waals surface area (Å²) in [5, 5.41) is 0. The maximum absolute atomic E-state index is 13.5. The first-order valence-electron chi connectivity index (χ1n) is 10.2. The third-order valence-corrected chi connectivity index (χ3v) is 4.94. The van der Waals surface area contributed by atoms with Gasteiger partial charge in [0.2, 0.25) is 0 Å². The summed E-state index contributed by atoms with van der Waals surface area (Å²) < 4.78 is 32.8. The van der Waals surface area contributed by atoms with Crippen LogP contribution in [0.1, 0.15) is 44.7 Å². The van der Waals surface area contributed by atoms with Crippen molar-refractivity contribution in [1.29, 1.82) is 0 Å². The van der Waals surface area contributed by atoms with Crippen LogP contribution in [0.3, 0.4) is 0 Å². The Balaban J connectivity index is 0.00000166. The molecule has 1 fully saturated rings. The second kappa shape index (κ2) is 12.2. The first-order chi connectivity index (χ1) is 14.8. The van der Waals surface area contributed by atoms with Gasteiger partial charge < -0.3 is 10.2 Å². The molecule has 2 aromatic carbocycles. The van der Waals surface area contributed by atoms with Crippen molar-refractivity contribution in [3.05, 3.63) is 77.9 Å². The van der Waals surface area contributed by atoms with Gasteiger partial charge in [-0.1, -0.05) is 56.4 Å². The third-order valence-electron chi connectivity index (χ3n) is 4.52. The van der Waals surface area contributed by atoms with Gasteiger partial charge in [0.1, 0.15) is 11.5 Å². The Morgan fingerprint density at radius 1 is 1.12 bits per heavy atom. The van der Waals surface area contributed by atoms with Crippen molar-refractivity contribution in [2.75, 3.05) is 6.54 Å². The zero-order chi connectivity index (χ0) is 23.0. The van der Waals surface area contributed by atoms with Crippen LogP contribution < -0.4 is 4.74 Å². The van der Waals surface area contributed by atoms with Crippen molar-refractivity contribution in [1.82, 2.24) is 4.90 Å². The van der Waals surface area contributed by atoms with Crippen molar-refractivity contribution in [2.24, 2.45) is 0 Å². The Morgan fingerprint density at radius 2 is 1.75 bits per heavy atom. The van der Waals surface area contributed by atoms with Crippen molar-refractivity contribution >= 4 is 29.2 Å². The normalized spacial score (nSPS) is 14.9. The number of rotatable bonds is 6. The zero-order valence-corrected chi connectivity index (χ0v) is 19.3. The van der Waals surface area contributed by atoms with E-state index < -0.39 is 5.92 Å². The van der Waals surface area contributed by atoms with Crippen LogP contribution in [0.5, 0.6) is 11.5 Å². The highest BCUT2D eigenvalue weighted by atomic mass is 32.1. The molecule has 1 aliphatic heterocycles. The largest absolute Gasteiger partial charge is 0.457 e. The molecule has 1 heterocycles. The highest BCUT2D eigenvalue weighted by Crippen LogP contribution is 2.31. The highest BCUT2D eigenvalue weighted by Gasteiger charge is 2.26. The first kappa shape index (κ1) is 27.1. The van der Waals surface area contributed by atoms with E-state index in [9.17, 15) is 13.6 Å². The van der Waals surface area contributed by atoms with E-state index in [2.05, 4.69) is 6.58 Å². The number of halogens is 2. The van der Waals surface area contributed by atoms with E-state index in [0.717, 1.165) is 12.5 Å². The smallest absolute Gasteiger partial charge is 0.270 e. The van der Waals surface area contributed by atoms with E-state index in [-0.39, 0.29) is 16.9 Å². The number of hydrogen-bond donors (Lipinski definition) is 0. The molecule has 1 saturated heterocycles. The summed E-state index contributed by atoms with van der Waals surface area (Å²) in [5.41, 5.74) is 1.33. The van der Waals surface area contributed by atoms with Gasteiger partial charge in [-0.2, -0.15) is 0 Å². The Kier molecular flexibility index (Phi) is 10.4. The van der Waals surface area contributed by atoms with Gasteiger partial charge in [-0.15, -0.1) is 6.58 Å². The van der Waals surface area contributed by atoms with Crippen LogP contribution in [0.2, 0.25) is 0 Å². The molecule has 0 unspecified atom stereocenters. The number of alkyl halides is 2. The molecule has 0 atom stereocenters. The van der Waals surface area contributed by atoms with E-state index in [4.69, 9.17) is 17.0 Å². The molecule has 0 bridgehead atoms. The number of amides is 1. The van der Waals surface area contributed by atoms with Gasteiger partial charge in [-0.3, -0.25) is 9.69 Å². The maximum Gasteiger partial charge on any atom is 0.270 e. The van der Waals surface area contributed by atoms with Crippen molar-refractivity contribution < 1.29 is 23.8 Å². The quantitative estimate of drug-likeness (QED) is 0.288. The SMILES string of the molecule is C=CCN1C(=O)/C(=C/c2cccc(Oc3cccc(C(C)(F)F)c3)c2)CCC1=S.CC.O. The minimum Gasteiger partial charge on any atom is -0.457 e. The zero-order valence-electron chi connectivity index (χ0n) is 18.5. The summed E-state index contributed by atoms with van der Waals surface area (Å²) >= 11 is 5.27. The molecule has 2 N–H and O–H groups in total. The number of hydrogen-bond acceptors (Lipinski definition) is 3. The fraction of sp³-hybridized carbons (Fsp3) is 0.280. The fourth-order valence-electron chi connectivity index (χ4n) is 3.06. The lowest BCUT2D eigenvalue weighted by molar-refractivity contribution is -0.123. The molecule has 3 rings (SSSR count). The summed E-state index contributed by atoms with van der Waals surface area (Å²) in [6.07, 6.45) is 4.66. The number of nitrogens with zero attached hydrogens (tertiary/aromatic N) is 1. The number of ether oxygens (including phenoxy) is 1. The maximum atomic E-state index is 13.5. The second-order valence-corrected chi connectivity index (χ2v) is 7.33.